The molecule has 0 spiro atoms. The quantitative estimate of drug-likeness (QED) is 0.822. The van der Waals surface area contributed by atoms with E-state index in [9.17, 15) is 0 Å². The lowest BCUT2D eigenvalue weighted by atomic mass is 9.93. The maximum Gasteiger partial charge on any atom is 0.131 e. The molecule has 0 amide bonds. The largest absolute Gasteiger partial charge is 0.297 e. The van der Waals surface area contributed by atoms with Crippen molar-refractivity contribution in [3.8, 4) is 0 Å². The highest BCUT2D eigenvalue weighted by molar-refractivity contribution is 5.04. The van der Waals surface area contributed by atoms with Crippen LogP contribution in [0.3, 0.4) is 0 Å². The van der Waals surface area contributed by atoms with E-state index >= 15 is 0 Å². The van der Waals surface area contributed by atoms with Crippen LogP contribution in [0.25, 0.3) is 0 Å². The van der Waals surface area contributed by atoms with Crippen molar-refractivity contribution in [2.75, 3.05) is 13.1 Å². The van der Waals surface area contributed by atoms with Crippen LogP contribution in [0.1, 0.15) is 50.5 Å². The van der Waals surface area contributed by atoms with Crippen molar-refractivity contribution in [2.45, 2.75) is 52.1 Å². The Morgan fingerprint density at radius 3 is 2.74 bits per heavy atom. The summed E-state index contributed by atoms with van der Waals surface area (Å²) in [4.78, 5) is 11.6. The standard InChI is InChI=1S/C18H27N5/c1-15(2)18-19-9-4-17(21-18)14-22-11-5-16(6-12-22)7-13-23-10-3-8-20-23/h3-4,8-10,15-16H,5-7,11-14H2,1-2H3. The topological polar surface area (TPSA) is 46.8 Å². The molecule has 0 aromatic carbocycles. The van der Waals surface area contributed by atoms with Crippen LogP contribution >= 0.6 is 0 Å². The average molecular weight is 313 g/mol. The number of nitrogens with zero attached hydrogens (tertiary/aromatic N) is 5. The summed E-state index contributed by atoms with van der Waals surface area (Å²) in [6, 6.07) is 4.05. The Bertz CT molecular complexity index is 585. The molecule has 124 valence electrons. The summed E-state index contributed by atoms with van der Waals surface area (Å²) in [5.74, 6) is 2.17. The van der Waals surface area contributed by atoms with Gasteiger partial charge in [-0.1, -0.05) is 13.8 Å². The zero-order chi connectivity index (χ0) is 16.1. The number of aryl methyl sites for hydroxylation is 1. The van der Waals surface area contributed by atoms with Crippen LogP contribution in [0.2, 0.25) is 0 Å². The molecule has 0 radical (unpaired) electrons. The predicted molar refractivity (Wildman–Crippen MR) is 91.0 cm³/mol. The second kappa shape index (κ2) is 7.68. The fourth-order valence-corrected chi connectivity index (χ4v) is 3.19. The van der Waals surface area contributed by atoms with Crippen LogP contribution < -0.4 is 0 Å². The second-order valence-corrected chi connectivity index (χ2v) is 6.84. The van der Waals surface area contributed by atoms with Crippen LogP contribution in [-0.4, -0.2) is 37.7 Å². The van der Waals surface area contributed by atoms with Gasteiger partial charge in [-0.3, -0.25) is 9.58 Å². The van der Waals surface area contributed by atoms with E-state index < -0.39 is 0 Å². The molecule has 2 aromatic heterocycles. The van der Waals surface area contributed by atoms with E-state index in [0.717, 1.165) is 30.5 Å². The summed E-state index contributed by atoms with van der Waals surface area (Å²) >= 11 is 0. The molecule has 3 heterocycles. The van der Waals surface area contributed by atoms with Crippen molar-refractivity contribution >= 4 is 0 Å². The molecule has 0 aliphatic carbocycles. The van der Waals surface area contributed by atoms with Gasteiger partial charge in [0.05, 0.1) is 5.69 Å². The van der Waals surface area contributed by atoms with E-state index in [0.29, 0.717) is 5.92 Å². The minimum atomic E-state index is 0.392. The van der Waals surface area contributed by atoms with Crippen LogP contribution in [0.4, 0.5) is 0 Å². The van der Waals surface area contributed by atoms with Gasteiger partial charge in [-0.25, -0.2) is 9.97 Å². The first kappa shape index (κ1) is 16.1. The lowest BCUT2D eigenvalue weighted by Gasteiger charge is -2.31. The van der Waals surface area contributed by atoms with Gasteiger partial charge in [-0.15, -0.1) is 0 Å². The number of likely N-dealkylation sites (tertiary alicyclic amines) is 1. The normalized spacial score (nSPS) is 17.0. The maximum absolute atomic E-state index is 4.69. The first-order chi connectivity index (χ1) is 11.2. The number of hydrogen-bond donors (Lipinski definition) is 0. The van der Waals surface area contributed by atoms with Gasteiger partial charge in [-0.05, 0) is 50.4 Å². The Labute approximate surface area is 138 Å². The van der Waals surface area contributed by atoms with Crippen molar-refractivity contribution in [2.24, 2.45) is 5.92 Å². The van der Waals surface area contributed by atoms with E-state index in [1.165, 1.54) is 32.4 Å². The predicted octanol–water partition coefficient (Wildman–Crippen LogP) is 3.10. The van der Waals surface area contributed by atoms with E-state index in [1.54, 1.807) is 0 Å². The summed E-state index contributed by atoms with van der Waals surface area (Å²) < 4.78 is 2.04. The molecule has 2 aromatic rings. The molecule has 0 saturated carbocycles. The van der Waals surface area contributed by atoms with Crippen molar-refractivity contribution in [1.29, 1.82) is 0 Å². The highest BCUT2D eigenvalue weighted by Crippen LogP contribution is 2.22. The molecule has 1 fully saturated rings. The van der Waals surface area contributed by atoms with Crippen molar-refractivity contribution in [3.05, 3.63) is 42.2 Å². The molecule has 0 atom stereocenters. The maximum atomic E-state index is 4.69. The van der Waals surface area contributed by atoms with Gasteiger partial charge in [0.2, 0.25) is 0 Å². The minimum Gasteiger partial charge on any atom is -0.297 e. The summed E-state index contributed by atoms with van der Waals surface area (Å²) in [7, 11) is 0. The highest BCUT2D eigenvalue weighted by atomic mass is 15.3. The first-order valence-corrected chi connectivity index (χ1v) is 8.72. The third kappa shape index (κ3) is 4.61. The molecule has 5 heteroatoms. The molecule has 0 N–H and O–H groups in total. The molecular weight excluding hydrogens is 286 g/mol. The average Bonchev–Trinajstić information content (AvgIpc) is 3.08. The second-order valence-electron chi connectivity index (χ2n) is 6.84. The van der Waals surface area contributed by atoms with Gasteiger partial charge in [0, 0.05) is 37.6 Å². The lowest BCUT2D eigenvalue weighted by molar-refractivity contribution is 0.167. The van der Waals surface area contributed by atoms with Crippen LogP contribution in [-0.2, 0) is 13.1 Å². The van der Waals surface area contributed by atoms with E-state index in [-0.39, 0.29) is 0 Å². The molecule has 1 aliphatic rings. The van der Waals surface area contributed by atoms with Gasteiger partial charge in [0.25, 0.3) is 0 Å². The fraction of sp³-hybridized carbons (Fsp3) is 0.611. The van der Waals surface area contributed by atoms with Crippen molar-refractivity contribution in [1.82, 2.24) is 24.6 Å². The van der Waals surface area contributed by atoms with Gasteiger partial charge in [0.1, 0.15) is 5.82 Å². The Morgan fingerprint density at radius 1 is 1.22 bits per heavy atom. The van der Waals surface area contributed by atoms with Crippen molar-refractivity contribution in [3.63, 3.8) is 0 Å². The van der Waals surface area contributed by atoms with E-state index in [2.05, 4.69) is 41.1 Å². The number of aromatic nitrogens is 4. The van der Waals surface area contributed by atoms with Gasteiger partial charge in [0.15, 0.2) is 0 Å². The SMILES string of the molecule is CC(C)c1nccc(CN2CCC(CCn3cccn3)CC2)n1. The molecule has 23 heavy (non-hydrogen) atoms. The van der Waals surface area contributed by atoms with Crippen LogP contribution in [0.15, 0.2) is 30.7 Å². The lowest BCUT2D eigenvalue weighted by Crippen LogP contribution is -2.33. The molecular formula is C18H27N5. The van der Waals surface area contributed by atoms with Gasteiger partial charge >= 0.3 is 0 Å². The smallest absolute Gasteiger partial charge is 0.131 e. The third-order valence-corrected chi connectivity index (χ3v) is 4.67. The zero-order valence-electron chi connectivity index (χ0n) is 14.2. The van der Waals surface area contributed by atoms with Gasteiger partial charge < -0.3 is 0 Å². The first-order valence-electron chi connectivity index (χ1n) is 8.72. The fourth-order valence-electron chi connectivity index (χ4n) is 3.19. The Morgan fingerprint density at radius 2 is 2.04 bits per heavy atom. The summed E-state index contributed by atoms with van der Waals surface area (Å²) in [6.45, 7) is 8.62. The van der Waals surface area contributed by atoms with Crippen LogP contribution in [0, 0.1) is 5.92 Å². The van der Waals surface area contributed by atoms with Crippen LogP contribution in [0.5, 0.6) is 0 Å². The zero-order valence-corrected chi connectivity index (χ0v) is 14.2. The molecule has 1 aliphatic heterocycles. The monoisotopic (exact) mass is 313 g/mol. The Kier molecular flexibility index (Phi) is 5.39. The van der Waals surface area contributed by atoms with E-state index in [4.69, 9.17) is 4.98 Å². The Hall–Kier alpha value is -1.75. The van der Waals surface area contributed by atoms with E-state index in [1.807, 2.05) is 23.1 Å². The molecule has 5 nitrogen and oxygen atoms in total. The highest BCUT2D eigenvalue weighted by Gasteiger charge is 2.19. The third-order valence-electron chi connectivity index (χ3n) is 4.67. The molecule has 1 saturated heterocycles. The molecule has 3 rings (SSSR count). The number of hydrogen-bond acceptors (Lipinski definition) is 4. The summed E-state index contributed by atoms with van der Waals surface area (Å²) in [5, 5.41) is 4.29. The van der Waals surface area contributed by atoms with Gasteiger partial charge in [-0.2, -0.15) is 5.10 Å². The minimum absolute atomic E-state index is 0.392. The summed E-state index contributed by atoms with van der Waals surface area (Å²) in [5.41, 5.74) is 1.15. The molecule has 0 unspecified atom stereocenters. The Balaban J connectivity index is 1.44. The van der Waals surface area contributed by atoms with Crippen molar-refractivity contribution < 1.29 is 0 Å². The summed E-state index contributed by atoms with van der Waals surface area (Å²) in [6.07, 6.45) is 9.61. The number of rotatable bonds is 6. The number of piperidine rings is 1. The molecule has 0 bridgehead atoms.